The van der Waals surface area contributed by atoms with Crippen LogP contribution in [0.3, 0.4) is 0 Å². The molecule has 0 amide bonds. The Bertz CT molecular complexity index is 764. The molecule has 19 heavy (non-hydrogen) atoms. The van der Waals surface area contributed by atoms with Crippen molar-refractivity contribution in [3.63, 3.8) is 0 Å². The first-order valence-electron chi connectivity index (χ1n) is 5.13. The van der Waals surface area contributed by atoms with Crippen LogP contribution in [0.1, 0.15) is 0 Å². The fraction of sp³-hybridized carbons (Fsp3) is 0. The van der Waals surface area contributed by atoms with Crippen molar-refractivity contribution < 1.29 is 9.13 Å². The molecule has 2 aromatic heterocycles. The van der Waals surface area contributed by atoms with E-state index in [4.69, 9.17) is 16.3 Å². The molecule has 3 rings (SSSR count). The maximum absolute atomic E-state index is 13.1. The molecule has 5 nitrogen and oxygen atoms in total. The summed E-state index contributed by atoms with van der Waals surface area (Å²) in [5.74, 6) is 0.268. The molecule has 1 N–H and O–H groups in total. The van der Waals surface area contributed by atoms with Crippen LogP contribution in [0.5, 0.6) is 11.6 Å². The van der Waals surface area contributed by atoms with Gasteiger partial charge in [0.2, 0.25) is 11.2 Å². The molecule has 0 bridgehead atoms. The molecule has 0 fully saturated rings. The Kier molecular flexibility index (Phi) is 3.08. The van der Waals surface area contributed by atoms with Gasteiger partial charge in [-0.2, -0.15) is 9.97 Å². The van der Waals surface area contributed by atoms with Crippen molar-refractivity contribution in [2.45, 2.75) is 0 Å². The number of benzene rings is 1. The summed E-state index contributed by atoms with van der Waals surface area (Å²) in [5.41, 5.74) is 0.918. The van der Waals surface area contributed by atoms with Crippen molar-refractivity contribution in [2.24, 2.45) is 0 Å². The number of hydrogen-bond acceptors (Lipinski definition) is 4. The first-order valence-corrected chi connectivity index (χ1v) is 6.30. The number of hydrogen-bond donors (Lipinski definition) is 1. The normalized spacial score (nSPS) is 10.9. The number of aromatic amines is 1. The fourth-order valence-corrected chi connectivity index (χ4v) is 2.02. The van der Waals surface area contributed by atoms with Gasteiger partial charge in [-0.3, -0.25) is 0 Å². The first kappa shape index (κ1) is 12.3. The molecule has 0 aliphatic rings. The van der Waals surface area contributed by atoms with Crippen molar-refractivity contribution in [1.82, 2.24) is 19.9 Å². The standard InChI is InChI=1S/C11H5BrClFN4O/c12-6-3-5(1-2-7(6)14)19-10-8-9(16-4-15-8)17-11(13)18-10/h1-4H,(H,15,16,17,18). The van der Waals surface area contributed by atoms with Gasteiger partial charge in [0, 0.05) is 0 Å². The van der Waals surface area contributed by atoms with Gasteiger partial charge in [0.25, 0.3) is 0 Å². The number of nitrogens with one attached hydrogen (secondary N) is 1. The fourth-order valence-electron chi connectivity index (χ4n) is 1.51. The monoisotopic (exact) mass is 342 g/mol. The maximum atomic E-state index is 13.1. The molecule has 0 spiro atoms. The van der Waals surface area contributed by atoms with Gasteiger partial charge < -0.3 is 9.72 Å². The van der Waals surface area contributed by atoms with Crippen LogP contribution >= 0.6 is 27.5 Å². The second-order valence-corrected chi connectivity index (χ2v) is 4.77. The number of ether oxygens (including phenoxy) is 1. The Morgan fingerprint density at radius 2 is 2.16 bits per heavy atom. The van der Waals surface area contributed by atoms with Crippen molar-refractivity contribution in [3.8, 4) is 11.6 Å². The molecule has 0 aliphatic heterocycles. The van der Waals surface area contributed by atoms with Crippen molar-refractivity contribution in [1.29, 1.82) is 0 Å². The summed E-state index contributed by atoms with van der Waals surface area (Å²) in [6.45, 7) is 0. The van der Waals surface area contributed by atoms with Crippen LogP contribution in [-0.4, -0.2) is 19.9 Å². The van der Waals surface area contributed by atoms with Gasteiger partial charge in [-0.25, -0.2) is 9.37 Å². The third kappa shape index (κ3) is 2.39. The Labute approximate surface area is 119 Å². The number of halogens is 3. The average Bonchev–Trinajstić information content (AvgIpc) is 2.82. The molecule has 2 heterocycles. The summed E-state index contributed by atoms with van der Waals surface area (Å²) >= 11 is 8.86. The largest absolute Gasteiger partial charge is 0.437 e. The summed E-state index contributed by atoms with van der Waals surface area (Å²) in [6, 6.07) is 4.26. The van der Waals surface area contributed by atoms with Gasteiger partial charge in [-0.05, 0) is 45.7 Å². The smallest absolute Gasteiger partial charge is 0.250 e. The molecule has 1 aromatic carbocycles. The lowest BCUT2D eigenvalue weighted by Crippen LogP contribution is -1.93. The lowest BCUT2D eigenvalue weighted by Gasteiger charge is -2.06. The topological polar surface area (TPSA) is 63.7 Å². The molecule has 0 aliphatic carbocycles. The summed E-state index contributed by atoms with van der Waals surface area (Å²) in [5, 5.41) is 0.0239. The van der Waals surface area contributed by atoms with E-state index in [0.29, 0.717) is 21.4 Å². The van der Waals surface area contributed by atoms with E-state index in [0.717, 1.165) is 0 Å². The van der Waals surface area contributed by atoms with E-state index >= 15 is 0 Å². The molecule has 0 saturated carbocycles. The highest BCUT2D eigenvalue weighted by molar-refractivity contribution is 9.10. The van der Waals surface area contributed by atoms with Gasteiger partial charge in [-0.1, -0.05) is 0 Å². The first-order chi connectivity index (χ1) is 9.13. The maximum Gasteiger partial charge on any atom is 0.250 e. The Morgan fingerprint density at radius 3 is 2.95 bits per heavy atom. The lowest BCUT2D eigenvalue weighted by molar-refractivity contribution is 0.465. The Balaban J connectivity index is 2.04. The Morgan fingerprint density at radius 1 is 1.32 bits per heavy atom. The van der Waals surface area contributed by atoms with Gasteiger partial charge in [0.05, 0.1) is 10.8 Å². The van der Waals surface area contributed by atoms with Crippen LogP contribution in [0.2, 0.25) is 5.28 Å². The van der Waals surface area contributed by atoms with Crippen molar-refractivity contribution in [2.75, 3.05) is 0 Å². The number of rotatable bonds is 2. The van der Waals surface area contributed by atoms with Crippen LogP contribution in [-0.2, 0) is 0 Å². The van der Waals surface area contributed by atoms with E-state index in [2.05, 4.69) is 35.9 Å². The minimum atomic E-state index is -0.375. The number of H-pyrrole nitrogens is 1. The van der Waals surface area contributed by atoms with Crippen LogP contribution < -0.4 is 4.74 Å². The van der Waals surface area contributed by atoms with Gasteiger partial charge in [0.15, 0.2) is 5.65 Å². The summed E-state index contributed by atoms with van der Waals surface area (Å²) in [7, 11) is 0. The molecular formula is C11H5BrClFN4O. The van der Waals surface area contributed by atoms with E-state index < -0.39 is 0 Å². The third-order valence-electron chi connectivity index (χ3n) is 2.33. The molecule has 0 unspecified atom stereocenters. The molecule has 0 atom stereocenters. The predicted octanol–water partition coefficient (Wildman–Crippen LogP) is 3.70. The quantitative estimate of drug-likeness (QED) is 0.721. The number of imidazole rings is 1. The summed E-state index contributed by atoms with van der Waals surface area (Å²) in [4.78, 5) is 14.7. The van der Waals surface area contributed by atoms with Crippen molar-refractivity contribution in [3.05, 3.63) is 40.1 Å². The zero-order chi connectivity index (χ0) is 13.4. The summed E-state index contributed by atoms with van der Waals surface area (Å²) < 4.78 is 19.0. The lowest BCUT2D eigenvalue weighted by atomic mass is 10.3. The number of nitrogens with zero attached hydrogens (tertiary/aromatic N) is 3. The molecule has 0 radical (unpaired) electrons. The Hall–Kier alpha value is -1.73. The van der Waals surface area contributed by atoms with Crippen LogP contribution in [0, 0.1) is 5.82 Å². The number of aromatic nitrogens is 4. The minimum absolute atomic E-state index is 0.0239. The predicted molar refractivity (Wildman–Crippen MR) is 70.9 cm³/mol. The highest BCUT2D eigenvalue weighted by Crippen LogP contribution is 2.29. The highest BCUT2D eigenvalue weighted by atomic mass is 79.9. The van der Waals surface area contributed by atoms with Crippen LogP contribution in [0.25, 0.3) is 11.2 Å². The third-order valence-corrected chi connectivity index (χ3v) is 3.11. The van der Waals surface area contributed by atoms with Crippen molar-refractivity contribution >= 4 is 38.7 Å². The molecule has 8 heteroatoms. The van der Waals surface area contributed by atoms with Gasteiger partial charge >= 0.3 is 0 Å². The van der Waals surface area contributed by atoms with E-state index in [1.807, 2.05) is 0 Å². The van der Waals surface area contributed by atoms with E-state index in [1.54, 1.807) is 0 Å². The molecule has 0 saturated heterocycles. The zero-order valence-corrected chi connectivity index (χ0v) is 11.5. The molecular weight excluding hydrogens is 339 g/mol. The minimum Gasteiger partial charge on any atom is -0.437 e. The van der Waals surface area contributed by atoms with Gasteiger partial charge in [0.1, 0.15) is 17.1 Å². The molecule has 3 aromatic rings. The summed E-state index contributed by atoms with van der Waals surface area (Å²) in [6.07, 6.45) is 1.46. The van der Waals surface area contributed by atoms with E-state index in [1.165, 1.54) is 24.5 Å². The second kappa shape index (κ2) is 4.75. The van der Waals surface area contributed by atoms with E-state index in [9.17, 15) is 4.39 Å². The SMILES string of the molecule is Fc1ccc(Oc2nc(Cl)nc3nc[nH]c23)cc1Br. The zero-order valence-electron chi connectivity index (χ0n) is 9.19. The van der Waals surface area contributed by atoms with Crippen LogP contribution in [0.15, 0.2) is 29.0 Å². The second-order valence-electron chi connectivity index (χ2n) is 3.58. The average molecular weight is 344 g/mol. The highest BCUT2D eigenvalue weighted by Gasteiger charge is 2.11. The number of fused-ring (bicyclic) bond motifs is 1. The van der Waals surface area contributed by atoms with E-state index in [-0.39, 0.29) is 17.0 Å². The van der Waals surface area contributed by atoms with Gasteiger partial charge in [-0.15, -0.1) is 0 Å². The van der Waals surface area contributed by atoms with Crippen LogP contribution in [0.4, 0.5) is 4.39 Å². The molecule has 96 valence electrons.